The molecule has 0 atom stereocenters. The molecule has 5 heteroatoms. The van der Waals surface area contributed by atoms with Gasteiger partial charge in [0, 0.05) is 17.1 Å². The lowest BCUT2D eigenvalue weighted by Crippen LogP contribution is -2.24. The highest BCUT2D eigenvalue weighted by Crippen LogP contribution is 2.34. The van der Waals surface area contributed by atoms with Crippen LogP contribution in [0.2, 0.25) is 0 Å². The van der Waals surface area contributed by atoms with E-state index in [4.69, 9.17) is 4.98 Å². The van der Waals surface area contributed by atoms with Gasteiger partial charge < -0.3 is 5.32 Å². The van der Waals surface area contributed by atoms with Gasteiger partial charge >= 0.3 is 0 Å². The molecule has 3 aromatic rings. The highest BCUT2D eigenvalue weighted by Gasteiger charge is 2.21. The monoisotopic (exact) mass is 353 g/mol. The van der Waals surface area contributed by atoms with Crippen molar-refractivity contribution in [1.82, 2.24) is 9.55 Å². The second kappa shape index (κ2) is 6.64. The average molecular weight is 353 g/mol. The third-order valence-corrected chi connectivity index (χ3v) is 5.98. The van der Waals surface area contributed by atoms with Crippen molar-refractivity contribution in [2.45, 2.75) is 52.5 Å². The van der Waals surface area contributed by atoms with Crippen molar-refractivity contribution >= 4 is 33.2 Å². The molecule has 1 aliphatic rings. The molecule has 0 spiro atoms. The Balaban J connectivity index is 1.88. The Morgan fingerprint density at radius 2 is 2.12 bits per heavy atom. The molecule has 0 saturated carbocycles. The lowest BCUT2D eigenvalue weighted by atomic mass is 9.97. The summed E-state index contributed by atoms with van der Waals surface area (Å²) in [5.41, 5.74) is 3.52. The molecular weight excluding hydrogens is 330 g/mol. The molecule has 0 amide bonds. The maximum Gasteiger partial charge on any atom is 0.263 e. The Morgan fingerprint density at radius 1 is 1.28 bits per heavy atom. The second-order valence-corrected chi connectivity index (χ2v) is 7.86. The summed E-state index contributed by atoms with van der Waals surface area (Å²) in [5, 5.41) is 4.23. The summed E-state index contributed by atoms with van der Waals surface area (Å²) in [6.45, 7) is 4.84. The van der Waals surface area contributed by atoms with E-state index in [2.05, 4.69) is 31.3 Å². The molecule has 4 rings (SSSR count). The minimum Gasteiger partial charge on any atom is -0.325 e. The number of aryl methyl sites for hydroxylation is 3. The highest BCUT2D eigenvalue weighted by molar-refractivity contribution is 7.18. The van der Waals surface area contributed by atoms with E-state index in [1.54, 1.807) is 11.3 Å². The third kappa shape index (κ3) is 2.97. The summed E-state index contributed by atoms with van der Waals surface area (Å²) in [4.78, 5) is 20.3. The Bertz CT molecular complexity index is 987. The topological polar surface area (TPSA) is 46.9 Å². The number of fused-ring (bicyclic) bond motifs is 3. The van der Waals surface area contributed by atoms with E-state index in [0.29, 0.717) is 12.5 Å². The van der Waals surface area contributed by atoms with Crippen LogP contribution in [-0.2, 0) is 19.4 Å². The molecule has 0 saturated heterocycles. The van der Waals surface area contributed by atoms with Crippen LogP contribution in [0.25, 0.3) is 10.2 Å². The van der Waals surface area contributed by atoms with Gasteiger partial charge in [-0.2, -0.15) is 0 Å². The molecule has 2 heterocycles. The van der Waals surface area contributed by atoms with Crippen molar-refractivity contribution < 1.29 is 0 Å². The smallest absolute Gasteiger partial charge is 0.263 e. The molecular formula is C20H23N3OS. The summed E-state index contributed by atoms with van der Waals surface area (Å²) in [7, 11) is 0. The summed E-state index contributed by atoms with van der Waals surface area (Å²) < 4.78 is 1.81. The number of hydrogen-bond donors (Lipinski definition) is 1. The highest BCUT2D eigenvalue weighted by atomic mass is 32.1. The summed E-state index contributed by atoms with van der Waals surface area (Å²) in [5.74, 6) is 0.656. The molecule has 1 aliphatic carbocycles. The molecule has 1 aromatic carbocycles. The standard InChI is InChI=1S/C20H23N3OS/c1-3-11-23-19(24)17-15-9-4-5-10-16(15)25-18(17)22-20(23)21-14-8-6-7-13(2)12-14/h6-8,12H,3-5,9-11H2,1-2H3,(H,21,22). The van der Waals surface area contributed by atoms with Crippen molar-refractivity contribution in [3.8, 4) is 0 Å². The van der Waals surface area contributed by atoms with Crippen LogP contribution in [-0.4, -0.2) is 9.55 Å². The van der Waals surface area contributed by atoms with Gasteiger partial charge in [0.15, 0.2) is 0 Å². The molecule has 0 fully saturated rings. The van der Waals surface area contributed by atoms with E-state index in [1.165, 1.54) is 28.8 Å². The van der Waals surface area contributed by atoms with Crippen LogP contribution in [0.1, 0.15) is 42.2 Å². The van der Waals surface area contributed by atoms with E-state index in [-0.39, 0.29) is 5.56 Å². The Kier molecular flexibility index (Phi) is 4.34. The Hall–Kier alpha value is -2.14. The number of hydrogen-bond acceptors (Lipinski definition) is 4. The molecule has 0 unspecified atom stereocenters. The van der Waals surface area contributed by atoms with Crippen LogP contribution < -0.4 is 10.9 Å². The number of thiophene rings is 1. The van der Waals surface area contributed by atoms with Gasteiger partial charge in [-0.15, -0.1) is 11.3 Å². The zero-order valence-corrected chi connectivity index (χ0v) is 15.6. The van der Waals surface area contributed by atoms with E-state index in [1.807, 2.05) is 16.7 Å². The number of aromatic nitrogens is 2. The van der Waals surface area contributed by atoms with Gasteiger partial charge in [-0.05, 0) is 62.3 Å². The Labute approximate surface area is 151 Å². The molecule has 0 aliphatic heterocycles. The third-order valence-electron chi connectivity index (χ3n) is 4.80. The van der Waals surface area contributed by atoms with Crippen molar-refractivity contribution in [2.24, 2.45) is 0 Å². The molecule has 1 N–H and O–H groups in total. The van der Waals surface area contributed by atoms with Gasteiger partial charge in [0.1, 0.15) is 4.83 Å². The van der Waals surface area contributed by atoms with Crippen LogP contribution in [0, 0.1) is 6.92 Å². The molecule has 0 bridgehead atoms. The summed E-state index contributed by atoms with van der Waals surface area (Å²) in [6, 6.07) is 8.17. The fourth-order valence-electron chi connectivity index (χ4n) is 3.62. The fourth-order valence-corrected chi connectivity index (χ4v) is 4.87. The van der Waals surface area contributed by atoms with E-state index < -0.39 is 0 Å². The minimum absolute atomic E-state index is 0.112. The zero-order valence-electron chi connectivity index (χ0n) is 14.8. The van der Waals surface area contributed by atoms with Gasteiger partial charge in [0.25, 0.3) is 5.56 Å². The zero-order chi connectivity index (χ0) is 17.4. The van der Waals surface area contributed by atoms with E-state index in [9.17, 15) is 4.79 Å². The lowest BCUT2D eigenvalue weighted by molar-refractivity contribution is 0.655. The maximum absolute atomic E-state index is 13.2. The molecule has 25 heavy (non-hydrogen) atoms. The molecule has 130 valence electrons. The SMILES string of the molecule is CCCn1c(Nc2cccc(C)c2)nc2sc3c(c2c1=O)CCCC3. The predicted octanol–water partition coefficient (Wildman–Crippen LogP) is 4.80. The Morgan fingerprint density at radius 3 is 2.92 bits per heavy atom. The summed E-state index contributed by atoms with van der Waals surface area (Å²) in [6.07, 6.45) is 5.40. The number of nitrogens with one attached hydrogen (secondary N) is 1. The van der Waals surface area contributed by atoms with Crippen molar-refractivity contribution in [3.63, 3.8) is 0 Å². The first-order chi connectivity index (χ1) is 12.2. The molecule has 0 radical (unpaired) electrons. The van der Waals surface area contributed by atoms with Crippen molar-refractivity contribution in [3.05, 3.63) is 50.6 Å². The van der Waals surface area contributed by atoms with Crippen molar-refractivity contribution in [1.29, 1.82) is 0 Å². The first-order valence-corrected chi connectivity index (χ1v) is 9.88. The number of nitrogens with zero attached hydrogens (tertiary/aromatic N) is 2. The van der Waals surface area contributed by atoms with E-state index >= 15 is 0 Å². The second-order valence-electron chi connectivity index (χ2n) is 6.78. The first kappa shape index (κ1) is 16.3. The number of anilines is 2. The van der Waals surface area contributed by atoms with Crippen LogP contribution in [0.5, 0.6) is 0 Å². The predicted molar refractivity (Wildman–Crippen MR) is 105 cm³/mol. The normalized spacial score (nSPS) is 13.8. The van der Waals surface area contributed by atoms with Crippen LogP contribution in [0.3, 0.4) is 0 Å². The number of rotatable bonds is 4. The van der Waals surface area contributed by atoms with Gasteiger partial charge in [-0.1, -0.05) is 19.1 Å². The van der Waals surface area contributed by atoms with Gasteiger partial charge in [-0.25, -0.2) is 4.98 Å². The quantitative estimate of drug-likeness (QED) is 0.733. The van der Waals surface area contributed by atoms with Crippen molar-refractivity contribution in [2.75, 3.05) is 5.32 Å². The number of benzene rings is 1. The first-order valence-electron chi connectivity index (χ1n) is 9.06. The molecule has 2 aromatic heterocycles. The average Bonchev–Trinajstić information content (AvgIpc) is 2.96. The van der Waals surface area contributed by atoms with Crippen LogP contribution in [0.4, 0.5) is 11.6 Å². The van der Waals surface area contributed by atoms with Crippen LogP contribution in [0.15, 0.2) is 29.1 Å². The maximum atomic E-state index is 13.2. The minimum atomic E-state index is 0.112. The summed E-state index contributed by atoms with van der Waals surface area (Å²) >= 11 is 1.70. The van der Waals surface area contributed by atoms with Gasteiger partial charge in [-0.3, -0.25) is 9.36 Å². The molecule has 4 nitrogen and oxygen atoms in total. The fraction of sp³-hybridized carbons (Fsp3) is 0.400. The van der Waals surface area contributed by atoms with Crippen LogP contribution >= 0.6 is 11.3 Å². The van der Waals surface area contributed by atoms with E-state index in [0.717, 1.165) is 35.2 Å². The van der Waals surface area contributed by atoms with Gasteiger partial charge in [0.2, 0.25) is 5.95 Å². The van der Waals surface area contributed by atoms with Gasteiger partial charge in [0.05, 0.1) is 5.39 Å². The lowest BCUT2D eigenvalue weighted by Gasteiger charge is -2.14. The largest absolute Gasteiger partial charge is 0.325 e.